The molecule has 1 atom stereocenters. The van der Waals surface area contributed by atoms with Crippen molar-refractivity contribution in [3.05, 3.63) is 60.7 Å². The van der Waals surface area contributed by atoms with Crippen molar-refractivity contribution in [1.82, 2.24) is 19.4 Å². The van der Waals surface area contributed by atoms with Crippen LogP contribution in [0.3, 0.4) is 0 Å². The number of nitrogens with zero attached hydrogens (tertiary/aromatic N) is 4. The van der Waals surface area contributed by atoms with E-state index in [0.29, 0.717) is 6.04 Å². The number of nitrogens with one attached hydrogen (secondary N) is 1. The van der Waals surface area contributed by atoms with Crippen molar-refractivity contribution < 1.29 is 0 Å². The normalized spacial score (nSPS) is 19.4. The van der Waals surface area contributed by atoms with Crippen molar-refractivity contribution in [2.24, 2.45) is 0 Å². The number of rotatable bonds is 3. The first kappa shape index (κ1) is 13.3. The van der Waals surface area contributed by atoms with E-state index < -0.39 is 0 Å². The fraction of sp³-hybridized carbons (Fsp3) is 0.294. The molecule has 1 fully saturated rings. The Balaban J connectivity index is 1.59. The molecular weight excluding hydrogens is 274 g/mol. The lowest BCUT2D eigenvalue weighted by molar-refractivity contribution is 0.184. The molecule has 112 valence electrons. The first-order valence-corrected chi connectivity index (χ1v) is 7.77. The summed E-state index contributed by atoms with van der Waals surface area (Å²) < 4.78 is 1.91. The average molecular weight is 293 g/mol. The molecular formula is C17H19N5. The maximum absolute atomic E-state index is 4.47. The molecule has 0 spiro atoms. The summed E-state index contributed by atoms with van der Waals surface area (Å²) in [6, 6.07) is 13.1. The van der Waals surface area contributed by atoms with Gasteiger partial charge in [0.15, 0.2) is 0 Å². The Morgan fingerprint density at radius 3 is 2.91 bits per heavy atom. The second-order valence-electron chi connectivity index (χ2n) is 5.69. The van der Waals surface area contributed by atoms with E-state index in [1.54, 1.807) is 12.5 Å². The first-order valence-electron chi connectivity index (χ1n) is 7.77. The number of benzene rings is 1. The molecule has 0 saturated carbocycles. The van der Waals surface area contributed by atoms with Gasteiger partial charge in [0.05, 0.1) is 6.04 Å². The number of hydrogen-bond acceptors (Lipinski definition) is 4. The number of anilines is 1. The van der Waals surface area contributed by atoms with E-state index in [1.807, 2.05) is 16.7 Å². The molecule has 0 radical (unpaired) electrons. The van der Waals surface area contributed by atoms with Crippen LogP contribution in [0.1, 0.15) is 30.9 Å². The second kappa shape index (κ2) is 5.77. The number of aromatic nitrogens is 3. The topological polar surface area (TPSA) is 45.5 Å². The standard InChI is InChI=1S/C17H19N5/c1-2-6-14(7-3-1)15-8-4-5-10-22(15)20-16-12-17-18-9-11-21(17)13-19-16/h1-3,6-7,9,11-13,15,20H,4-5,8,10H2. The summed E-state index contributed by atoms with van der Waals surface area (Å²) >= 11 is 0. The van der Waals surface area contributed by atoms with Crippen LogP contribution >= 0.6 is 0 Å². The van der Waals surface area contributed by atoms with Gasteiger partial charge < -0.3 is 5.43 Å². The predicted molar refractivity (Wildman–Crippen MR) is 86.3 cm³/mol. The summed E-state index contributed by atoms with van der Waals surface area (Å²) in [5, 5.41) is 2.31. The fourth-order valence-corrected chi connectivity index (χ4v) is 3.11. The van der Waals surface area contributed by atoms with Gasteiger partial charge in [-0.15, -0.1) is 0 Å². The molecule has 0 bridgehead atoms. The lowest BCUT2D eigenvalue weighted by Gasteiger charge is -2.36. The van der Waals surface area contributed by atoms with Gasteiger partial charge in [-0.25, -0.2) is 15.0 Å². The van der Waals surface area contributed by atoms with Crippen LogP contribution in [0.5, 0.6) is 0 Å². The van der Waals surface area contributed by atoms with E-state index in [-0.39, 0.29) is 0 Å². The van der Waals surface area contributed by atoms with Crippen LogP contribution in [0.2, 0.25) is 0 Å². The van der Waals surface area contributed by atoms with Crippen molar-refractivity contribution in [2.75, 3.05) is 12.0 Å². The summed E-state index contributed by atoms with van der Waals surface area (Å²) in [4.78, 5) is 8.79. The number of hydrogen-bond donors (Lipinski definition) is 1. The van der Waals surface area contributed by atoms with Crippen molar-refractivity contribution in [2.45, 2.75) is 25.3 Å². The highest BCUT2D eigenvalue weighted by Gasteiger charge is 2.24. The molecule has 1 aliphatic heterocycles. The van der Waals surface area contributed by atoms with Gasteiger partial charge in [-0.2, -0.15) is 0 Å². The molecule has 5 nitrogen and oxygen atoms in total. The van der Waals surface area contributed by atoms with Crippen molar-refractivity contribution >= 4 is 11.5 Å². The van der Waals surface area contributed by atoms with E-state index in [1.165, 1.54) is 24.8 Å². The zero-order valence-corrected chi connectivity index (χ0v) is 12.4. The zero-order chi connectivity index (χ0) is 14.8. The summed E-state index contributed by atoms with van der Waals surface area (Å²) in [6.45, 7) is 1.03. The van der Waals surface area contributed by atoms with Gasteiger partial charge in [0.2, 0.25) is 0 Å². The molecule has 22 heavy (non-hydrogen) atoms. The molecule has 3 aromatic rings. The number of hydrazine groups is 1. The van der Waals surface area contributed by atoms with Crippen LogP contribution in [-0.2, 0) is 0 Å². The van der Waals surface area contributed by atoms with Gasteiger partial charge in [0.25, 0.3) is 0 Å². The Bertz CT molecular complexity index is 752. The molecule has 4 rings (SSSR count). The molecule has 2 aromatic heterocycles. The van der Waals surface area contributed by atoms with Gasteiger partial charge in [-0.05, 0) is 18.4 Å². The van der Waals surface area contributed by atoms with Crippen LogP contribution in [0, 0.1) is 0 Å². The SMILES string of the molecule is c1ccc(C2CCCCN2Nc2cc3nccn3cn2)cc1. The van der Waals surface area contributed by atoms with Crippen LogP contribution in [0.15, 0.2) is 55.1 Å². The minimum Gasteiger partial charge on any atom is -0.302 e. The predicted octanol–water partition coefficient (Wildman–Crippen LogP) is 3.28. The third-order valence-electron chi connectivity index (χ3n) is 4.23. The molecule has 1 aromatic carbocycles. The lowest BCUT2D eigenvalue weighted by Crippen LogP contribution is -2.38. The highest BCUT2D eigenvalue weighted by molar-refractivity contribution is 5.48. The van der Waals surface area contributed by atoms with Gasteiger partial charge in [0.1, 0.15) is 17.8 Å². The second-order valence-corrected chi connectivity index (χ2v) is 5.69. The Morgan fingerprint density at radius 1 is 1.09 bits per heavy atom. The Labute approximate surface area is 129 Å². The number of piperidine rings is 1. The molecule has 1 unspecified atom stereocenters. The molecule has 3 heterocycles. The third-order valence-corrected chi connectivity index (χ3v) is 4.23. The van der Waals surface area contributed by atoms with Crippen LogP contribution in [0.4, 0.5) is 5.82 Å². The van der Waals surface area contributed by atoms with Crippen molar-refractivity contribution in [3.63, 3.8) is 0 Å². The summed E-state index contributed by atoms with van der Waals surface area (Å²) in [5.74, 6) is 0.849. The minimum atomic E-state index is 0.396. The number of imidazole rings is 1. The monoisotopic (exact) mass is 293 g/mol. The van der Waals surface area contributed by atoms with E-state index >= 15 is 0 Å². The minimum absolute atomic E-state index is 0.396. The molecule has 1 N–H and O–H groups in total. The van der Waals surface area contributed by atoms with Gasteiger partial charge in [-0.1, -0.05) is 36.8 Å². The van der Waals surface area contributed by atoms with E-state index in [0.717, 1.165) is 18.0 Å². The summed E-state index contributed by atoms with van der Waals surface area (Å²) in [5.41, 5.74) is 5.75. The van der Waals surface area contributed by atoms with E-state index in [4.69, 9.17) is 0 Å². The maximum atomic E-state index is 4.47. The Morgan fingerprint density at radius 2 is 2.00 bits per heavy atom. The van der Waals surface area contributed by atoms with Crippen LogP contribution in [-0.4, -0.2) is 25.9 Å². The molecule has 1 aliphatic rings. The van der Waals surface area contributed by atoms with Crippen molar-refractivity contribution in [3.8, 4) is 0 Å². The van der Waals surface area contributed by atoms with Crippen LogP contribution < -0.4 is 5.43 Å². The first-order chi connectivity index (χ1) is 10.9. The van der Waals surface area contributed by atoms with E-state index in [9.17, 15) is 0 Å². The molecule has 0 amide bonds. The fourth-order valence-electron chi connectivity index (χ4n) is 3.11. The highest BCUT2D eigenvalue weighted by atomic mass is 15.5. The highest BCUT2D eigenvalue weighted by Crippen LogP contribution is 2.30. The number of fused-ring (bicyclic) bond motifs is 1. The Kier molecular flexibility index (Phi) is 3.48. The van der Waals surface area contributed by atoms with Crippen LogP contribution in [0.25, 0.3) is 5.65 Å². The van der Waals surface area contributed by atoms with Gasteiger partial charge in [0, 0.05) is 25.0 Å². The third kappa shape index (κ3) is 2.55. The lowest BCUT2D eigenvalue weighted by atomic mass is 9.97. The summed E-state index contributed by atoms with van der Waals surface area (Å²) in [7, 11) is 0. The summed E-state index contributed by atoms with van der Waals surface area (Å²) in [6.07, 6.45) is 9.13. The molecule has 0 aliphatic carbocycles. The molecule has 1 saturated heterocycles. The van der Waals surface area contributed by atoms with E-state index in [2.05, 4.69) is 50.7 Å². The van der Waals surface area contributed by atoms with Crippen molar-refractivity contribution in [1.29, 1.82) is 0 Å². The smallest absolute Gasteiger partial charge is 0.145 e. The largest absolute Gasteiger partial charge is 0.302 e. The quantitative estimate of drug-likeness (QED) is 0.805. The zero-order valence-electron chi connectivity index (χ0n) is 12.4. The average Bonchev–Trinajstić information content (AvgIpc) is 3.04. The van der Waals surface area contributed by atoms with Gasteiger partial charge in [-0.3, -0.25) is 4.40 Å². The Hall–Kier alpha value is -2.40. The maximum Gasteiger partial charge on any atom is 0.145 e. The molecule has 5 heteroatoms. The van der Waals surface area contributed by atoms with Gasteiger partial charge >= 0.3 is 0 Å².